The number of aromatic amines is 2. The van der Waals surface area contributed by atoms with Crippen LogP contribution in [0.2, 0.25) is 0 Å². The molecule has 58 heavy (non-hydrogen) atoms. The molecule has 0 radical (unpaired) electrons. The number of nitrogens with zero attached hydrogens (tertiary/aromatic N) is 10. The van der Waals surface area contributed by atoms with Crippen LogP contribution in [0.5, 0.6) is 11.5 Å². The fraction of sp³-hybridized carbons (Fsp3) is 0.300. The van der Waals surface area contributed by atoms with E-state index in [4.69, 9.17) is 4.98 Å². The number of hydrogen-bond acceptors (Lipinski definition) is 15. The van der Waals surface area contributed by atoms with E-state index in [1.807, 2.05) is 24.3 Å². The second-order valence-electron chi connectivity index (χ2n) is 14.9. The molecule has 0 bridgehead atoms. The Kier molecular flexibility index (Phi) is 9.37. The number of aromatic hydroxyl groups is 2. The van der Waals surface area contributed by atoms with Crippen molar-refractivity contribution in [2.75, 3.05) is 36.5 Å². The van der Waals surface area contributed by atoms with Crippen molar-refractivity contribution in [3.05, 3.63) is 73.1 Å². The van der Waals surface area contributed by atoms with Crippen molar-refractivity contribution in [3.8, 4) is 56.3 Å². The van der Waals surface area contributed by atoms with Crippen LogP contribution in [0.3, 0.4) is 0 Å². The standard InChI is InChI=1S/C20H19FN6OS.C20H19N7OS/c1-27(12-4-2-3-5-12)20-23-19-17(29-20)9-15(24-26-19)13-7-6-11(8-16(13)28)14-10-22-25-18(14)21;28-17-5-11(13-7-22-23-8-13)1-2-14(17)15-6-18-19(26-25-15)24-20(29-18)27-10-12-3-4-21-9-16(12)27/h6-10,12,28H,2-5H2,1H3,(H,22,25);1-2,5-8,12,16,21,28H,3-4,9-10H2,(H,22,23)/t;12-,16-/m.1/s1. The van der Waals surface area contributed by atoms with E-state index < -0.39 is 5.95 Å². The topological polar surface area (TPSA) is 194 Å². The molecule has 0 unspecified atom stereocenters. The molecule has 18 heteroatoms. The molecule has 0 amide bonds. The van der Waals surface area contributed by atoms with Crippen LogP contribution in [0.15, 0.2) is 67.1 Å². The highest BCUT2D eigenvalue weighted by Gasteiger charge is 2.41. The van der Waals surface area contributed by atoms with Gasteiger partial charge in [0.15, 0.2) is 21.6 Å². The van der Waals surface area contributed by atoms with Crippen LogP contribution >= 0.6 is 22.7 Å². The lowest BCUT2D eigenvalue weighted by Crippen LogP contribution is -2.63. The maximum absolute atomic E-state index is 13.7. The Balaban J connectivity index is 0.000000141. The monoisotopic (exact) mass is 815 g/mol. The zero-order valence-corrected chi connectivity index (χ0v) is 32.9. The van der Waals surface area contributed by atoms with Crippen molar-refractivity contribution < 1.29 is 14.6 Å². The van der Waals surface area contributed by atoms with Crippen LogP contribution in [0, 0.1) is 11.9 Å². The third-order valence-corrected chi connectivity index (χ3v) is 13.5. The third kappa shape index (κ3) is 6.75. The van der Waals surface area contributed by atoms with Gasteiger partial charge < -0.3 is 25.3 Å². The summed E-state index contributed by atoms with van der Waals surface area (Å²) in [5, 5.41) is 56.3. The van der Waals surface area contributed by atoms with E-state index >= 15 is 0 Å². The minimum Gasteiger partial charge on any atom is -0.507 e. The van der Waals surface area contributed by atoms with Gasteiger partial charge in [0.05, 0.1) is 38.7 Å². The van der Waals surface area contributed by atoms with Crippen molar-refractivity contribution in [1.82, 2.24) is 56.1 Å². The Morgan fingerprint density at radius 3 is 2.16 bits per heavy atom. The molecule has 5 N–H and O–H groups in total. The van der Waals surface area contributed by atoms with Crippen LogP contribution < -0.4 is 15.1 Å². The van der Waals surface area contributed by atoms with Gasteiger partial charge in [0.1, 0.15) is 11.5 Å². The first-order valence-electron chi connectivity index (χ1n) is 19.2. The second kappa shape index (κ2) is 15.0. The third-order valence-electron chi connectivity index (χ3n) is 11.4. The van der Waals surface area contributed by atoms with Gasteiger partial charge in [0.2, 0.25) is 5.95 Å². The molecule has 6 aromatic heterocycles. The lowest BCUT2D eigenvalue weighted by Gasteiger charge is -2.50. The number of thiazole rings is 2. The number of benzene rings is 2. The number of anilines is 2. The van der Waals surface area contributed by atoms with Gasteiger partial charge in [0.25, 0.3) is 0 Å². The first-order chi connectivity index (χ1) is 28.4. The Labute approximate surface area is 339 Å². The maximum Gasteiger partial charge on any atom is 0.216 e. The highest BCUT2D eigenvalue weighted by Crippen LogP contribution is 2.40. The minimum atomic E-state index is -0.540. The Bertz CT molecular complexity index is 2750. The number of aromatic nitrogens is 10. The first-order valence-corrected chi connectivity index (χ1v) is 20.8. The average Bonchev–Trinajstić information content (AvgIpc) is 4.09. The molecule has 0 spiro atoms. The number of fused-ring (bicyclic) bond motifs is 3. The van der Waals surface area contributed by atoms with Crippen LogP contribution in [0.25, 0.3) is 65.5 Å². The van der Waals surface area contributed by atoms with E-state index in [-0.39, 0.29) is 11.5 Å². The van der Waals surface area contributed by atoms with Crippen LogP contribution in [-0.4, -0.2) is 99.7 Å². The van der Waals surface area contributed by atoms with Gasteiger partial charge in [-0.1, -0.05) is 47.6 Å². The molecular formula is C40H38FN13O2S2. The van der Waals surface area contributed by atoms with Gasteiger partial charge >= 0.3 is 0 Å². The van der Waals surface area contributed by atoms with Crippen LogP contribution in [0.1, 0.15) is 32.1 Å². The second-order valence-corrected chi connectivity index (χ2v) is 16.9. The van der Waals surface area contributed by atoms with Gasteiger partial charge in [-0.25, -0.2) is 0 Å². The SMILES string of the molecule is CN(c1nc2nnc(-c3ccc(-c4cn[nH]c4F)cc3O)cc2s1)C1CCCC1.Oc1cc(-c2cn[nH]c2)ccc1-c1cc2sc(N3C[C@H]4CCNC[C@H]43)nc2nn1. The van der Waals surface area contributed by atoms with Crippen molar-refractivity contribution in [1.29, 1.82) is 0 Å². The minimum absolute atomic E-state index is 0.00422. The Morgan fingerprint density at radius 1 is 0.776 bits per heavy atom. The summed E-state index contributed by atoms with van der Waals surface area (Å²) in [5.41, 5.74) is 6.30. The normalized spacial score (nSPS) is 17.9. The number of phenols is 2. The number of hydrogen-bond donors (Lipinski definition) is 5. The van der Waals surface area contributed by atoms with Crippen molar-refractivity contribution in [3.63, 3.8) is 0 Å². The van der Waals surface area contributed by atoms with Gasteiger partial charge in [-0.2, -0.15) is 24.6 Å². The van der Waals surface area contributed by atoms with E-state index in [1.54, 1.807) is 53.3 Å². The van der Waals surface area contributed by atoms with E-state index in [0.717, 1.165) is 56.3 Å². The van der Waals surface area contributed by atoms with E-state index in [1.165, 1.54) is 44.4 Å². The van der Waals surface area contributed by atoms with E-state index in [0.29, 0.717) is 57.0 Å². The molecule has 2 aliphatic heterocycles. The molecule has 294 valence electrons. The smallest absolute Gasteiger partial charge is 0.216 e. The molecule has 11 rings (SSSR count). The molecule has 3 aliphatic rings. The molecule has 2 atom stereocenters. The molecule has 3 fully saturated rings. The number of piperidine rings is 1. The zero-order valence-electron chi connectivity index (χ0n) is 31.3. The fourth-order valence-corrected chi connectivity index (χ4v) is 10.1. The lowest BCUT2D eigenvalue weighted by molar-refractivity contribution is 0.229. The number of phenolic OH excluding ortho intramolecular Hbond substituents is 2. The quantitative estimate of drug-likeness (QED) is 0.110. The summed E-state index contributed by atoms with van der Waals surface area (Å²) >= 11 is 3.22. The summed E-state index contributed by atoms with van der Waals surface area (Å²) in [6.07, 6.45) is 11.1. The summed E-state index contributed by atoms with van der Waals surface area (Å²) in [6, 6.07) is 15.4. The Hall–Kier alpha value is -6.11. The molecule has 1 aliphatic carbocycles. The summed E-state index contributed by atoms with van der Waals surface area (Å²) in [5.74, 6) is 0.406. The van der Waals surface area contributed by atoms with Gasteiger partial charge in [0, 0.05) is 55.1 Å². The average molecular weight is 816 g/mol. The fourth-order valence-electron chi connectivity index (χ4n) is 8.12. The molecule has 8 heterocycles. The molecule has 2 saturated heterocycles. The first kappa shape index (κ1) is 36.2. The molecule has 8 aromatic rings. The zero-order chi connectivity index (χ0) is 39.3. The van der Waals surface area contributed by atoms with Crippen LogP contribution in [0.4, 0.5) is 14.7 Å². The summed E-state index contributed by atoms with van der Waals surface area (Å²) in [6.45, 7) is 3.21. The molecular weight excluding hydrogens is 778 g/mol. The van der Waals surface area contributed by atoms with E-state index in [9.17, 15) is 14.6 Å². The van der Waals surface area contributed by atoms with Gasteiger partial charge in [-0.05, 0) is 79.3 Å². The Morgan fingerprint density at radius 2 is 1.48 bits per heavy atom. The van der Waals surface area contributed by atoms with Crippen molar-refractivity contribution in [2.24, 2.45) is 5.92 Å². The predicted octanol–water partition coefficient (Wildman–Crippen LogP) is 7.01. The number of halogens is 1. The summed E-state index contributed by atoms with van der Waals surface area (Å²) in [4.78, 5) is 13.9. The van der Waals surface area contributed by atoms with Crippen molar-refractivity contribution >= 4 is 53.6 Å². The predicted molar refractivity (Wildman–Crippen MR) is 223 cm³/mol. The number of H-pyrrole nitrogens is 2. The summed E-state index contributed by atoms with van der Waals surface area (Å²) in [7, 11) is 2.08. The maximum atomic E-state index is 13.7. The number of nitrogens with one attached hydrogen (secondary N) is 3. The highest BCUT2D eigenvalue weighted by molar-refractivity contribution is 7.22. The van der Waals surface area contributed by atoms with Gasteiger partial charge in [-0.15, -0.1) is 20.4 Å². The molecule has 1 saturated carbocycles. The van der Waals surface area contributed by atoms with Gasteiger partial charge in [-0.3, -0.25) is 10.2 Å². The van der Waals surface area contributed by atoms with Crippen LogP contribution in [-0.2, 0) is 0 Å². The largest absolute Gasteiger partial charge is 0.507 e. The highest BCUT2D eigenvalue weighted by atomic mass is 32.1. The molecule has 2 aromatic carbocycles. The van der Waals surface area contributed by atoms with Crippen molar-refractivity contribution in [2.45, 2.75) is 44.2 Å². The molecule has 15 nitrogen and oxygen atoms in total. The lowest BCUT2D eigenvalue weighted by atomic mass is 9.84. The van der Waals surface area contributed by atoms with E-state index in [2.05, 4.69) is 67.9 Å². The number of rotatable bonds is 7. The summed E-state index contributed by atoms with van der Waals surface area (Å²) < 4.78 is 15.6.